The van der Waals surface area contributed by atoms with Crippen molar-refractivity contribution in [3.63, 3.8) is 0 Å². The quantitative estimate of drug-likeness (QED) is 0.654. The van der Waals surface area contributed by atoms with Crippen LogP contribution in [0, 0.1) is 5.41 Å². The minimum absolute atomic E-state index is 0. The second kappa shape index (κ2) is 11.9. The van der Waals surface area contributed by atoms with Gasteiger partial charge in [-0.2, -0.15) is 0 Å². The molecule has 1 aliphatic rings. The molecule has 1 fully saturated rings. The normalized spacial score (nSPS) is 15.3. The van der Waals surface area contributed by atoms with Gasteiger partial charge in [-0.25, -0.2) is 0 Å². The van der Waals surface area contributed by atoms with Gasteiger partial charge in [0.1, 0.15) is 0 Å². The number of rotatable bonds is 9. The van der Waals surface area contributed by atoms with Gasteiger partial charge in [0.15, 0.2) is 0 Å². The van der Waals surface area contributed by atoms with Crippen molar-refractivity contribution in [1.29, 1.82) is 0 Å². The van der Waals surface area contributed by atoms with Gasteiger partial charge in [0.25, 0.3) is 0 Å². The highest BCUT2D eigenvalue weighted by Gasteiger charge is 2.39. The largest absolute Gasteiger partial charge is 0.384 e. The summed E-state index contributed by atoms with van der Waals surface area (Å²) in [5, 5.41) is 6.46. The molecule has 0 bridgehead atoms. The van der Waals surface area contributed by atoms with Crippen molar-refractivity contribution in [1.82, 2.24) is 10.6 Å². The lowest BCUT2D eigenvalue weighted by Gasteiger charge is -2.35. The topological polar surface area (TPSA) is 59.6 Å². The molecule has 1 aliphatic heterocycles. The predicted octanol–water partition coefficient (Wildman–Crippen LogP) is 3.46. The summed E-state index contributed by atoms with van der Waals surface area (Å²) in [5.41, 5.74) is 2.91. The lowest BCUT2D eigenvalue weighted by Crippen LogP contribution is -2.50. The minimum atomic E-state index is -0.432. The van der Waals surface area contributed by atoms with Crippen LogP contribution < -0.4 is 10.6 Å². The summed E-state index contributed by atoms with van der Waals surface area (Å²) in [6, 6.07) is 18.2. The van der Waals surface area contributed by atoms with Gasteiger partial charge in [-0.3, -0.25) is 4.79 Å². The fourth-order valence-corrected chi connectivity index (χ4v) is 3.71. The highest BCUT2D eigenvalue weighted by molar-refractivity contribution is 5.85. The number of hydrogen-bond donors (Lipinski definition) is 2. The number of ether oxygens (including phenoxy) is 2. The standard InChI is InChI=1S/C23H30N2O3.ClH/c1-27-18-23(11-13-24-14-12-23)22(26)25-15-20-9-5-6-10-21(20)17-28-16-19-7-3-2-4-8-19;/h2-10,24H,11-18H2,1H3,(H,25,26);1H. The Balaban J connectivity index is 0.00000300. The van der Waals surface area contributed by atoms with Crippen molar-refractivity contribution < 1.29 is 14.3 Å². The van der Waals surface area contributed by atoms with E-state index in [0.29, 0.717) is 26.4 Å². The highest BCUT2D eigenvalue weighted by Crippen LogP contribution is 2.29. The third-order valence-corrected chi connectivity index (χ3v) is 5.39. The van der Waals surface area contributed by atoms with Crippen molar-refractivity contribution in [3.05, 3.63) is 71.3 Å². The molecule has 0 radical (unpaired) electrons. The molecule has 1 heterocycles. The number of hydrogen-bond acceptors (Lipinski definition) is 4. The summed E-state index contributed by atoms with van der Waals surface area (Å²) >= 11 is 0. The SMILES string of the molecule is COCC1(C(=O)NCc2ccccc2COCc2ccccc2)CCNCC1.Cl. The minimum Gasteiger partial charge on any atom is -0.384 e. The molecule has 0 atom stereocenters. The van der Waals surface area contributed by atoms with E-state index < -0.39 is 5.41 Å². The van der Waals surface area contributed by atoms with E-state index in [1.54, 1.807) is 7.11 Å². The Morgan fingerprint density at radius 1 is 1.00 bits per heavy atom. The molecule has 29 heavy (non-hydrogen) atoms. The maximum atomic E-state index is 12.9. The first-order valence-electron chi connectivity index (χ1n) is 9.90. The molecule has 0 aliphatic carbocycles. The Morgan fingerprint density at radius 3 is 2.34 bits per heavy atom. The third kappa shape index (κ3) is 6.54. The number of nitrogens with one attached hydrogen (secondary N) is 2. The number of benzene rings is 2. The van der Waals surface area contributed by atoms with Crippen LogP contribution in [-0.2, 0) is 34.0 Å². The van der Waals surface area contributed by atoms with Crippen LogP contribution in [0.3, 0.4) is 0 Å². The molecule has 0 unspecified atom stereocenters. The number of halogens is 1. The van der Waals surface area contributed by atoms with E-state index in [2.05, 4.69) is 28.8 Å². The fourth-order valence-electron chi connectivity index (χ4n) is 3.71. The van der Waals surface area contributed by atoms with Crippen LogP contribution in [0.4, 0.5) is 0 Å². The Hall–Kier alpha value is -1.92. The lowest BCUT2D eigenvalue weighted by molar-refractivity contribution is -0.136. The first-order valence-corrected chi connectivity index (χ1v) is 9.90. The Morgan fingerprint density at radius 2 is 1.66 bits per heavy atom. The predicted molar refractivity (Wildman–Crippen MR) is 117 cm³/mol. The monoisotopic (exact) mass is 418 g/mol. The number of methoxy groups -OCH3 is 1. The number of carbonyl (C=O) groups is 1. The van der Waals surface area contributed by atoms with Gasteiger partial charge in [-0.1, -0.05) is 54.6 Å². The number of amides is 1. The molecule has 5 nitrogen and oxygen atoms in total. The van der Waals surface area contributed by atoms with E-state index >= 15 is 0 Å². The molecule has 0 spiro atoms. The lowest BCUT2D eigenvalue weighted by atomic mass is 9.78. The molecular formula is C23H31ClN2O3. The number of carbonyl (C=O) groups excluding carboxylic acids is 1. The van der Waals surface area contributed by atoms with Crippen molar-refractivity contribution in [2.75, 3.05) is 26.8 Å². The molecule has 6 heteroatoms. The zero-order valence-corrected chi connectivity index (χ0v) is 17.8. The first-order chi connectivity index (χ1) is 13.7. The summed E-state index contributed by atoms with van der Waals surface area (Å²) < 4.78 is 11.3. The Kier molecular flexibility index (Phi) is 9.61. The Bertz CT molecular complexity index is 743. The third-order valence-electron chi connectivity index (χ3n) is 5.39. The maximum Gasteiger partial charge on any atom is 0.228 e. The van der Waals surface area contributed by atoms with Crippen LogP contribution in [-0.4, -0.2) is 32.7 Å². The van der Waals surface area contributed by atoms with Crippen LogP contribution >= 0.6 is 12.4 Å². The molecule has 2 N–H and O–H groups in total. The second-order valence-corrected chi connectivity index (χ2v) is 7.39. The van der Waals surface area contributed by atoms with Crippen molar-refractivity contribution in [3.8, 4) is 0 Å². The zero-order chi connectivity index (χ0) is 19.7. The van der Waals surface area contributed by atoms with E-state index in [9.17, 15) is 4.79 Å². The summed E-state index contributed by atoms with van der Waals surface area (Å²) in [7, 11) is 1.66. The maximum absolute atomic E-state index is 12.9. The van der Waals surface area contributed by atoms with Gasteiger partial charge in [-0.05, 0) is 42.6 Å². The van der Waals surface area contributed by atoms with Crippen LogP contribution in [0.15, 0.2) is 54.6 Å². The van der Waals surface area contributed by atoms with Crippen LogP contribution in [0.5, 0.6) is 0 Å². The molecule has 0 saturated carbocycles. The smallest absolute Gasteiger partial charge is 0.228 e. The van der Waals surface area contributed by atoms with Gasteiger partial charge in [0.05, 0.1) is 25.2 Å². The van der Waals surface area contributed by atoms with E-state index in [1.165, 1.54) is 0 Å². The van der Waals surface area contributed by atoms with E-state index in [0.717, 1.165) is 42.6 Å². The van der Waals surface area contributed by atoms with Gasteiger partial charge < -0.3 is 20.1 Å². The average molecular weight is 419 g/mol. The molecule has 0 aromatic heterocycles. The highest BCUT2D eigenvalue weighted by atomic mass is 35.5. The van der Waals surface area contributed by atoms with Crippen molar-refractivity contribution >= 4 is 18.3 Å². The Labute approximate surface area is 179 Å². The second-order valence-electron chi connectivity index (χ2n) is 7.39. The molecular weight excluding hydrogens is 388 g/mol. The van der Waals surface area contributed by atoms with Gasteiger partial charge >= 0.3 is 0 Å². The van der Waals surface area contributed by atoms with Crippen LogP contribution in [0.1, 0.15) is 29.5 Å². The molecule has 2 aromatic carbocycles. The van der Waals surface area contributed by atoms with E-state index in [-0.39, 0.29) is 18.3 Å². The summed E-state index contributed by atoms with van der Waals surface area (Å²) in [4.78, 5) is 12.9. The van der Waals surface area contributed by atoms with Crippen LogP contribution in [0.25, 0.3) is 0 Å². The zero-order valence-electron chi connectivity index (χ0n) is 17.0. The molecule has 158 valence electrons. The average Bonchev–Trinajstić information content (AvgIpc) is 2.74. The summed E-state index contributed by atoms with van der Waals surface area (Å²) in [6.07, 6.45) is 1.60. The first kappa shape index (κ1) is 23.4. The van der Waals surface area contributed by atoms with Crippen LogP contribution in [0.2, 0.25) is 0 Å². The summed E-state index contributed by atoms with van der Waals surface area (Å²) in [6.45, 7) is 3.76. The van der Waals surface area contributed by atoms with Gasteiger partial charge in [-0.15, -0.1) is 12.4 Å². The molecule has 3 rings (SSSR count). The fraction of sp³-hybridized carbons (Fsp3) is 0.435. The van der Waals surface area contributed by atoms with Gasteiger partial charge in [0.2, 0.25) is 5.91 Å². The van der Waals surface area contributed by atoms with Crippen molar-refractivity contribution in [2.45, 2.75) is 32.6 Å². The molecule has 1 amide bonds. The van der Waals surface area contributed by atoms with E-state index in [1.807, 2.05) is 36.4 Å². The molecule has 1 saturated heterocycles. The molecule has 2 aromatic rings. The number of piperidine rings is 1. The van der Waals surface area contributed by atoms with Gasteiger partial charge in [0, 0.05) is 13.7 Å². The van der Waals surface area contributed by atoms with E-state index in [4.69, 9.17) is 9.47 Å². The summed E-state index contributed by atoms with van der Waals surface area (Å²) in [5.74, 6) is 0.0795. The van der Waals surface area contributed by atoms with Crippen molar-refractivity contribution in [2.24, 2.45) is 5.41 Å².